The van der Waals surface area contributed by atoms with Crippen molar-refractivity contribution in [3.8, 4) is 0 Å². The summed E-state index contributed by atoms with van der Waals surface area (Å²) >= 11 is 0. The van der Waals surface area contributed by atoms with Gasteiger partial charge in [0, 0.05) is 5.56 Å². The van der Waals surface area contributed by atoms with Gasteiger partial charge in [0.2, 0.25) is 5.78 Å². The van der Waals surface area contributed by atoms with Crippen LogP contribution in [0.1, 0.15) is 49.9 Å². The normalized spacial score (nSPS) is 14.4. The number of halogens is 1. The standard InChI is InChI=1S/C21H24FNO6/c1-5-27-18(25)21(22,17(24)14-10-7-6-8-11-14)16(15-12-9-13-28-15)23-19(26)29-20(2,3)4/h6-13,16H,5H2,1-4H3,(H,23,26)/t16-,21-/m0/s1. The Hall–Kier alpha value is -3.16. The van der Waals surface area contributed by atoms with Gasteiger partial charge in [-0.05, 0) is 39.8 Å². The molecule has 0 radical (unpaired) electrons. The molecule has 2 rings (SSSR count). The molecule has 0 fully saturated rings. The molecule has 1 aromatic heterocycles. The van der Waals surface area contributed by atoms with E-state index in [1.165, 1.54) is 49.6 Å². The molecule has 0 bridgehead atoms. The molecule has 1 N–H and O–H groups in total. The van der Waals surface area contributed by atoms with Gasteiger partial charge in [0.05, 0.1) is 12.9 Å². The number of hydrogen-bond acceptors (Lipinski definition) is 6. The Morgan fingerprint density at radius 1 is 1.10 bits per heavy atom. The van der Waals surface area contributed by atoms with Gasteiger partial charge in [-0.1, -0.05) is 30.3 Å². The Morgan fingerprint density at radius 3 is 2.28 bits per heavy atom. The number of Topliss-reactive ketones (excluding diaryl/α,β-unsaturated/α-hetero) is 1. The first kappa shape index (κ1) is 22.1. The van der Waals surface area contributed by atoms with E-state index in [9.17, 15) is 14.4 Å². The van der Waals surface area contributed by atoms with Gasteiger partial charge in [-0.3, -0.25) is 4.79 Å². The van der Waals surface area contributed by atoms with E-state index in [1.54, 1.807) is 26.8 Å². The van der Waals surface area contributed by atoms with Crippen molar-refractivity contribution in [1.82, 2.24) is 5.32 Å². The molecule has 0 saturated carbocycles. The molecule has 0 aliphatic carbocycles. The van der Waals surface area contributed by atoms with Crippen LogP contribution >= 0.6 is 0 Å². The molecule has 0 saturated heterocycles. The lowest BCUT2D eigenvalue weighted by atomic mass is 9.86. The van der Waals surface area contributed by atoms with Crippen LogP contribution < -0.4 is 5.32 Å². The maximum absolute atomic E-state index is 16.3. The highest BCUT2D eigenvalue weighted by molar-refractivity contribution is 6.16. The van der Waals surface area contributed by atoms with Gasteiger partial charge in [0.1, 0.15) is 17.4 Å². The van der Waals surface area contributed by atoms with Crippen LogP contribution in [0.25, 0.3) is 0 Å². The van der Waals surface area contributed by atoms with E-state index in [0.717, 1.165) is 0 Å². The van der Waals surface area contributed by atoms with Gasteiger partial charge in [0.25, 0.3) is 5.67 Å². The molecule has 2 aromatic rings. The Kier molecular flexibility index (Phi) is 6.79. The second-order valence-corrected chi connectivity index (χ2v) is 7.22. The van der Waals surface area contributed by atoms with Crippen LogP contribution in [0.2, 0.25) is 0 Å². The van der Waals surface area contributed by atoms with Crippen LogP contribution in [0, 0.1) is 0 Å². The number of rotatable bonds is 7. The molecule has 0 aliphatic rings. The number of nitrogens with one attached hydrogen (secondary N) is 1. The van der Waals surface area contributed by atoms with E-state index in [-0.39, 0.29) is 17.9 Å². The lowest BCUT2D eigenvalue weighted by Gasteiger charge is -2.30. The third-order valence-corrected chi connectivity index (χ3v) is 3.83. The number of amides is 1. The van der Waals surface area contributed by atoms with E-state index in [4.69, 9.17) is 13.9 Å². The summed E-state index contributed by atoms with van der Waals surface area (Å²) in [5.74, 6) is -2.75. The number of alkyl carbamates (subject to hydrolysis) is 1. The zero-order valence-corrected chi connectivity index (χ0v) is 16.7. The monoisotopic (exact) mass is 405 g/mol. The molecule has 8 heteroatoms. The molecule has 0 aliphatic heterocycles. The first-order valence-electron chi connectivity index (χ1n) is 9.08. The minimum absolute atomic E-state index is 0.0643. The van der Waals surface area contributed by atoms with E-state index in [0.29, 0.717) is 0 Å². The van der Waals surface area contributed by atoms with Crippen LogP contribution in [0.3, 0.4) is 0 Å². The van der Waals surface area contributed by atoms with Crippen molar-refractivity contribution in [3.05, 3.63) is 60.1 Å². The van der Waals surface area contributed by atoms with Crippen molar-refractivity contribution in [2.75, 3.05) is 6.61 Å². The molecule has 29 heavy (non-hydrogen) atoms. The largest absolute Gasteiger partial charge is 0.467 e. The second kappa shape index (κ2) is 8.89. The number of ketones is 1. The molecular weight excluding hydrogens is 381 g/mol. The smallest absolute Gasteiger partial charge is 0.408 e. The van der Waals surface area contributed by atoms with Crippen LogP contribution in [0.4, 0.5) is 9.18 Å². The number of benzene rings is 1. The number of carbonyl (C=O) groups is 3. The Bertz CT molecular complexity index is 844. The molecule has 2 atom stereocenters. The minimum Gasteiger partial charge on any atom is -0.467 e. The number of carbonyl (C=O) groups excluding carboxylic acids is 3. The number of ether oxygens (including phenoxy) is 2. The van der Waals surface area contributed by atoms with Gasteiger partial charge in [-0.2, -0.15) is 0 Å². The lowest BCUT2D eigenvalue weighted by Crippen LogP contribution is -2.55. The molecule has 1 amide bonds. The van der Waals surface area contributed by atoms with Gasteiger partial charge in [0.15, 0.2) is 0 Å². The highest BCUT2D eigenvalue weighted by Crippen LogP contribution is 2.35. The fraction of sp³-hybridized carbons (Fsp3) is 0.381. The molecule has 7 nitrogen and oxygen atoms in total. The number of alkyl halides is 1. The van der Waals surface area contributed by atoms with Crippen molar-refractivity contribution in [2.24, 2.45) is 0 Å². The van der Waals surface area contributed by atoms with Crippen molar-refractivity contribution in [1.29, 1.82) is 0 Å². The maximum Gasteiger partial charge on any atom is 0.408 e. The predicted octanol–water partition coefficient (Wildman–Crippen LogP) is 4.00. The fourth-order valence-electron chi connectivity index (χ4n) is 2.62. The Morgan fingerprint density at radius 2 is 1.76 bits per heavy atom. The minimum atomic E-state index is -3.29. The highest BCUT2D eigenvalue weighted by Gasteiger charge is 2.57. The third kappa shape index (κ3) is 5.22. The first-order valence-corrected chi connectivity index (χ1v) is 9.08. The summed E-state index contributed by atoms with van der Waals surface area (Å²) in [4.78, 5) is 38.1. The summed E-state index contributed by atoms with van der Waals surface area (Å²) < 4.78 is 31.5. The lowest BCUT2D eigenvalue weighted by molar-refractivity contribution is -0.156. The zero-order chi connectivity index (χ0) is 21.7. The van der Waals surface area contributed by atoms with Gasteiger partial charge < -0.3 is 19.2 Å². The van der Waals surface area contributed by atoms with Crippen LogP contribution in [0.5, 0.6) is 0 Å². The highest BCUT2D eigenvalue weighted by atomic mass is 19.1. The summed E-state index contributed by atoms with van der Waals surface area (Å²) in [5.41, 5.74) is -4.23. The zero-order valence-electron chi connectivity index (χ0n) is 16.7. The van der Waals surface area contributed by atoms with Gasteiger partial charge in [-0.25, -0.2) is 14.0 Å². The van der Waals surface area contributed by atoms with Crippen molar-refractivity contribution >= 4 is 17.8 Å². The second-order valence-electron chi connectivity index (χ2n) is 7.22. The van der Waals surface area contributed by atoms with Crippen molar-refractivity contribution < 1.29 is 32.7 Å². The summed E-state index contributed by atoms with van der Waals surface area (Å²) in [6.07, 6.45) is 0.212. The topological polar surface area (TPSA) is 94.8 Å². The van der Waals surface area contributed by atoms with Crippen molar-refractivity contribution in [3.63, 3.8) is 0 Å². The molecule has 156 valence electrons. The summed E-state index contributed by atoms with van der Waals surface area (Å²) in [5, 5.41) is 2.25. The fourth-order valence-corrected chi connectivity index (χ4v) is 2.62. The van der Waals surface area contributed by atoms with Crippen LogP contribution in [0.15, 0.2) is 53.1 Å². The molecule has 1 aromatic carbocycles. The summed E-state index contributed by atoms with van der Waals surface area (Å²) in [7, 11) is 0. The number of hydrogen-bond donors (Lipinski definition) is 1. The summed E-state index contributed by atoms with van der Waals surface area (Å²) in [6, 6.07) is 8.41. The maximum atomic E-state index is 16.3. The average molecular weight is 405 g/mol. The van der Waals surface area contributed by atoms with Crippen LogP contribution in [-0.4, -0.2) is 35.7 Å². The Balaban J connectivity index is 2.53. The van der Waals surface area contributed by atoms with E-state index < -0.39 is 35.2 Å². The quantitative estimate of drug-likeness (QED) is 0.425. The summed E-state index contributed by atoms with van der Waals surface area (Å²) in [6.45, 7) is 6.19. The van der Waals surface area contributed by atoms with E-state index >= 15 is 4.39 Å². The molecule has 0 spiro atoms. The van der Waals surface area contributed by atoms with Gasteiger partial charge in [-0.15, -0.1) is 0 Å². The molecular formula is C21H24FNO6. The van der Waals surface area contributed by atoms with E-state index in [2.05, 4.69) is 5.32 Å². The number of esters is 1. The van der Waals surface area contributed by atoms with Crippen molar-refractivity contribution in [2.45, 2.75) is 45.0 Å². The van der Waals surface area contributed by atoms with Gasteiger partial charge >= 0.3 is 12.1 Å². The number of furan rings is 1. The van der Waals surface area contributed by atoms with E-state index in [1.807, 2.05) is 0 Å². The molecule has 0 unspecified atom stereocenters. The van der Waals surface area contributed by atoms with Crippen LogP contribution in [-0.2, 0) is 14.3 Å². The predicted molar refractivity (Wildman–Crippen MR) is 102 cm³/mol. The first-order chi connectivity index (χ1) is 13.6. The molecule has 1 heterocycles. The average Bonchev–Trinajstić information content (AvgIpc) is 3.18. The SMILES string of the molecule is CCOC(=O)[C@@](F)(C(=O)c1ccccc1)[C@@H](NC(=O)OC(C)(C)C)c1ccco1. The Labute approximate surface area is 168 Å². The third-order valence-electron chi connectivity index (χ3n) is 3.83.